The molecule has 1 heterocycles. The van der Waals surface area contributed by atoms with Gasteiger partial charge in [-0.15, -0.1) is 0 Å². The second kappa shape index (κ2) is 8.15. The second-order valence-corrected chi connectivity index (χ2v) is 6.83. The highest BCUT2D eigenvalue weighted by atomic mass is 16.2. The number of nitrogens with one attached hydrogen (secondary N) is 1. The summed E-state index contributed by atoms with van der Waals surface area (Å²) < 4.78 is 0. The van der Waals surface area contributed by atoms with Gasteiger partial charge in [-0.05, 0) is 56.8 Å². The summed E-state index contributed by atoms with van der Waals surface area (Å²) in [5.74, 6) is -0.208. The summed E-state index contributed by atoms with van der Waals surface area (Å²) in [5, 5.41) is 2.89. The fourth-order valence-electron chi connectivity index (χ4n) is 3.19. The molecular weight excluding hydrogens is 326 g/mol. The van der Waals surface area contributed by atoms with Gasteiger partial charge in [0.2, 0.25) is 0 Å². The van der Waals surface area contributed by atoms with E-state index in [9.17, 15) is 9.59 Å². The van der Waals surface area contributed by atoms with Crippen LogP contribution in [0.15, 0.2) is 48.5 Å². The number of anilines is 1. The number of aryl methyl sites for hydroxylation is 1. The molecule has 0 radical (unpaired) electrons. The van der Waals surface area contributed by atoms with E-state index in [1.165, 1.54) is 5.56 Å². The van der Waals surface area contributed by atoms with E-state index in [2.05, 4.69) is 11.4 Å². The van der Waals surface area contributed by atoms with Crippen LogP contribution in [0.1, 0.15) is 32.7 Å². The lowest BCUT2D eigenvalue weighted by atomic mass is 10.0. The normalized spacial score (nSPS) is 13.4. The number of carbonyl (C=O) groups is 2. The zero-order valence-electron chi connectivity index (χ0n) is 15.4. The van der Waals surface area contributed by atoms with Crippen LogP contribution < -0.4 is 10.2 Å². The summed E-state index contributed by atoms with van der Waals surface area (Å²) in [5.41, 5.74) is 3.23. The maximum atomic E-state index is 13.0. The molecule has 0 atom stereocenters. The highest BCUT2D eigenvalue weighted by Gasteiger charge is 2.23. The lowest BCUT2D eigenvalue weighted by Crippen LogP contribution is -2.35. The molecule has 0 saturated carbocycles. The molecule has 1 aliphatic heterocycles. The fraction of sp³-hybridized carbons (Fsp3) is 0.333. The molecule has 0 saturated heterocycles. The third kappa shape index (κ3) is 4.11. The van der Waals surface area contributed by atoms with Gasteiger partial charge in [0, 0.05) is 36.4 Å². The number of para-hydroxylation sites is 1. The van der Waals surface area contributed by atoms with Crippen molar-refractivity contribution in [3.8, 4) is 0 Å². The van der Waals surface area contributed by atoms with Gasteiger partial charge in [-0.2, -0.15) is 0 Å². The number of fused-ring (bicyclic) bond motifs is 1. The van der Waals surface area contributed by atoms with Gasteiger partial charge in [0.1, 0.15) is 0 Å². The van der Waals surface area contributed by atoms with Gasteiger partial charge >= 0.3 is 0 Å². The number of amides is 2. The standard InChI is InChI=1S/C21H25N3O2/c1-23(2)14-12-22-20(25)17-8-5-9-18(15-17)21(26)24-13-6-10-16-7-3-4-11-19(16)24/h3-5,7-9,11,15H,6,10,12-14H2,1-2H3,(H,22,25). The highest BCUT2D eigenvalue weighted by molar-refractivity contribution is 6.08. The zero-order chi connectivity index (χ0) is 18.5. The summed E-state index contributed by atoms with van der Waals surface area (Å²) in [6, 6.07) is 15.0. The van der Waals surface area contributed by atoms with Gasteiger partial charge in [-0.25, -0.2) is 0 Å². The Morgan fingerprint density at radius 3 is 2.65 bits per heavy atom. The Labute approximate surface area is 154 Å². The monoisotopic (exact) mass is 351 g/mol. The highest BCUT2D eigenvalue weighted by Crippen LogP contribution is 2.28. The molecule has 2 aromatic rings. The number of nitrogens with zero attached hydrogens (tertiary/aromatic N) is 2. The van der Waals surface area contributed by atoms with Crippen molar-refractivity contribution in [2.45, 2.75) is 12.8 Å². The van der Waals surface area contributed by atoms with Crippen molar-refractivity contribution in [3.05, 3.63) is 65.2 Å². The number of rotatable bonds is 5. The summed E-state index contributed by atoms with van der Waals surface area (Å²) in [6.45, 7) is 2.05. The molecule has 0 spiro atoms. The molecule has 26 heavy (non-hydrogen) atoms. The Morgan fingerprint density at radius 2 is 1.85 bits per heavy atom. The number of carbonyl (C=O) groups excluding carboxylic acids is 2. The second-order valence-electron chi connectivity index (χ2n) is 6.83. The molecule has 2 aromatic carbocycles. The Morgan fingerprint density at radius 1 is 1.08 bits per heavy atom. The van der Waals surface area contributed by atoms with Crippen molar-refractivity contribution in [2.24, 2.45) is 0 Å². The lowest BCUT2D eigenvalue weighted by molar-refractivity contribution is 0.0951. The largest absolute Gasteiger partial charge is 0.351 e. The first-order valence-electron chi connectivity index (χ1n) is 8.99. The average molecular weight is 351 g/mol. The summed E-state index contributed by atoms with van der Waals surface area (Å²) >= 11 is 0. The molecule has 0 aromatic heterocycles. The third-order valence-electron chi connectivity index (χ3n) is 4.57. The van der Waals surface area contributed by atoms with Crippen LogP contribution in [0.5, 0.6) is 0 Å². The predicted molar refractivity (Wildman–Crippen MR) is 104 cm³/mol. The summed E-state index contributed by atoms with van der Waals surface area (Å²) in [6.07, 6.45) is 1.95. The Bertz CT molecular complexity index is 801. The molecule has 0 aliphatic carbocycles. The Kier molecular flexibility index (Phi) is 5.68. The summed E-state index contributed by atoms with van der Waals surface area (Å²) in [7, 11) is 3.92. The average Bonchev–Trinajstić information content (AvgIpc) is 2.66. The first kappa shape index (κ1) is 18.1. The molecule has 1 aliphatic rings. The van der Waals surface area contributed by atoms with Crippen molar-refractivity contribution < 1.29 is 9.59 Å². The van der Waals surface area contributed by atoms with Gasteiger partial charge in [0.25, 0.3) is 11.8 Å². The van der Waals surface area contributed by atoms with Crippen LogP contribution in [0.25, 0.3) is 0 Å². The van der Waals surface area contributed by atoms with Crippen molar-refractivity contribution in [1.29, 1.82) is 0 Å². The van der Waals surface area contributed by atoms with Crippen LogP contribution in [0.3, 0.4) is 0 Å². The van der Waals surface area contributed by atoms with Crippen molar-refractivity contribution in [3.63, 3.8) is 0 Å². The van der Waals surface area contributed by atoms with Crippen LogP contribution >= 0.6 is 0 Å². The van der Waals surface area contributed by atoms with E-state index >= 15 is 0 Å². The van der Waals surface area contributed by atoms with Gasteiger partial charge < -0.3 is 15.1 Å². The van der Waals surface area contributed by atoms with Crippen molar-refractivity contribution in [2.75, 3.05) is 38.6 Å². The maximum Gasteiger partial charge on any atom is 0.258 e. The molecule has 2 amide bonds. The van der Waals surface area contributed by atoms with E-state index in [4.69, 9.17) is 0 Å². The predicted octanol–water partition coefficient (Wildman–Crippen LogP) is 2.57. The minimum atomic E-state index is -0.152. The Hall–Kier alpha value is -2.66. The molecule has 3 rings (SSSR count). The van der Waals surface area contributed by atoms with Crippen LogP contribution in [0.4, 0.5) is 5.69 Å². The fourth-order valence-corrected chi connectivity index (χ4v) is 3.19. The molecule has 0 bridgehead atoms. The topological polar surface area (TPSA) is 52.7 Å². The lowest BCUT2D eigenvalue weighted by Gasteiger charge is -2.29. The number of benzene rings is 2. The quantitative estimate of drug-likeness (QED) is 0.901. The number of likely N-dealkylation sites (N-methyl/N-ethyl adjacent to an activating group) is 1. The molecule has 136 valence electrons. The van der Waals surface area contributed by atoms with E-state index in [0.29, 0.717) is 24.2 Å². The molecular formula is C21H25N3O2. The van der Waals surface area contributed by atoms with Crippen LogP contribution in [0.2, 0.25) is 0 Å². The van der Waals surface area contributed by atoms with E-state index in [-0.39, 0.29) is 11.8 Å². The molecule has 0 fully saturated rings. The van der Waals surface area contributed by atoms with Crippen LogP contribution in [-0.4, -0.2) is 50.4 Å². The minimum Gasteiger partial charge on any atom is -0.351 e. The van der Waals surface area contributed by atoms with Crippen LogP contribution in [-0.2, 0) is 6.42 Å². The third-order valence-corrected chi connectivity index (χ3v) is 4.57. The first-order chi connectivity index (χ1) is 12.6. The van der Waals surface area contributed by atoms with E-state index in [1.807, 2.05) is 42.1 Å². The van der Waals surface area contributed by atoms with Gasteiger partial charge in [-0.1, -0.05) is 24.3 Å². The van der Waals surface area contributed by atoms with E-state index in [1.54, 1.807) is 24.3 Å². The minimum absolute atomic E-state index is 0.0555. The van der Waals surface area contributed by atoms with Gasteiger partial charge in [0.15, 0.2) is 0 Å². The smallest absolute Gasteiger partial charge is 0.258 e. The van der Waals surface area contributed by atoms with Gasteiger partial charge in [-0.3, -0.25) is 9.59 Å². The van der Waals surface area contributed by atoms with Crippen LogP contribution in [0, 0.1) is 0 Å². The van der Waals surface area contributed by atoms with E-state index in [0.717, 1.165) is 25.1 Å². The van der Waals surface area contributed by atoms with Crippen molar-refractivity contribution >= 4 is 17.5 Å². The number of hydrogen-bond donors (Lipinski definition) is 1. The van der Waals surface area contributed by atoms with Crippen molar-refractivity contribution in [1.82, 2.24) is 10.2 Å². The zero-order valence-corrected chi connectivity index (χ0v) is 15.4. The summed E-state index contributed by atoms with van der Waals surface area (Å²) in [4.78, 5) is 29.2. The first-order valence-corrected chi connectivity index (χ1v) is 8.99. The molecule has 5 nitrogen and oxygen atoms in total. The SMILES string of the molecule is CN(C)CCNC(=O)c1cccc(C(=O)N2CCCc3ccccc32)c1. The number of hydrogen-bond acceptors (Lipinski definition) is 3. The Balaban J connectivity index is 1.76. The maximum absolute atomic E-state index is 13.0. The molecule has 0 unspecified atom stereocenters. The molecule has 1 N–H and O–H groups in total. The van der Waals surface area contributed by atoms with Gasteiger partial charge in [0.05, 0.1) is 0 Å². The molecule has 5 heteroatoms. The van der Waals surface area contributed by atoms with E-state index < -0.39 is 0 Å².